The van der Waals surface area contributed by atoms with Crippen LogP contribution in [0.15, 0.2) is 60.8 Å². The average Bonchev–Trinajstić information content (AvgIpc) is 3.36. The predicted octanol–water partition coefficient (Wildman–Crippen LogP) is 20.4. The van der Waals surface area contributed by atoms with Gasteiger partial charge in [0, 0.05) is 19.3 Å². The van der Waals surface area contributed by atoms with Crippen molar-refractivity contribution in [3.05, 3.63) is 60.8 Å². The van der Waals surface area contributed by atoms with E-state index in [1.807, 2.05) is 0 Å². The number of hydrogen-bond donors (Lipinski definition) is 0. The molecule has 70 heavy (non-hydrogen) atoms. The lowest BCUT2D eigenvalue weighted by atomic mass is 10.1. The van der Waals surface area contributed by atoms with Crippen LogP contribution in [0.2, 0.25) is 0 Å². The van der Waals surface area contributed by atoms with Crippen molar-refractivity contribution in [1.29, 1.82) is 0 Å². The van der Waals surface area contributed by atoms with Crippen LogP contribution in [-0.2, 0) is 28.6 Å². The molecular formula is C64H114O6. The van der Waals surface area contributed by atoms with E-state index in [0.717, 1.165) is 89.9 Å². The summed E-state index contributed by atoms with van der Waals surface area (Å²) in [4.78, 5) is 38.2. The highest BCUT2D eigenvalue weighted by Crippen LogP contribution is 2.15. The highest BCUT2D eigenvalue weighted by molar-refractivity contribution is 5.71. The van der Waals surface area contributed by atoms with Gasteiger partial charge in [0.05, 0.1) is 0 Å². The number of carbonyl (C=O) groups is 3. The van der Waals surface area contributed by atoms with Crippen LogP contribution >= 0.6 is 0 Å². The van der Waals surface area contributed by atoms with Crippen molar-refractivity contribution in [2.75, 3.05) is 13.2 Å². The van der Waals surface area contributed by atoms with E-state index < -0.39 is 6.10 Å². The molecule has 0 rings (SSSR count). The summed E-state index contributed by atoms with van der Waals surface area (Å²) in [7, 11) is 0. The van der Waals surface area contributed by atoms with E-state index in [1.165, 1.54) is 180 Å². The van der Waals surface area contributed by atoms with Crippen LogP contribution in [0.1, 0.15) is 310 Å². The van der Waals surface area contributed by atoms with Crippen molar-refractivity contribution in [1.82, 2.24) is 0 Å². The molecule has 0 saturated heterocycles. The maximum atomic E-state index is 12.8. The van der Waals surface area contributed by atoms with Gasteiger partial charge in [-0.2, -0.15) is 0 Å². The number of rotatable bonds is 55. The van der Waals surface area contributed by atoms with Crippen molar-refractivity contribution in [3.63, 3.8) is 0 Å². The fraction of sp³-hybridized carbons (Fsp3) is 0.797. The van der Waals surface area contributed by atoms with E-state index >= 15 is 0 Å². The molecule has 0 aromatic carbocycles. The van der Waals surface area contributed by atoms with E-state index in [9.17, 15) is 14.4 Å². The maximum absolute atomic E-state index is 12.8. The first kappa shape index (κ1) is 67.1. The zero-order valence-electron chi connectivity index (χ0n) is 46.5. The molecule has 0 bridgehead atoms. The molecule has 0 fully saturated rings. The largest absolute Gasteiger partial charge is 0.462 e. The van der Waals surface area contributed by atoms with Gasteiger partial charge in [-0.25, -0.2) is 0 Å². The van der Waals surface area contributed by atoms with Crippen LogP contribution in [0.5, 0.6) is 0 Å². The number of esters is 3. The molecule has 0 aromatic rings. The lowest BCUT2D eigenvalue weighted by molar-refractivity contribution is -0.167. The number of allylic oxidation sites excluding steroid dienone is 10. The summed E-state index contributed by atoms with van der Waals surface area (Å²) in [6.07, 6.45) is 73.6. The molecule has 0 aromatic heterocycles. The van der Waals surface area contributed by atoms with Crippen molar-refractivity contribution in [2.45, 2.75) is 316 Å². The molecule has 1 atom stereocenters. The van der Waals surface area contributed by atoms with Gasteiger partial charge in [-0.15, -0.1) is 0 Å². The second kappa shape index (κ2) is 58.7. The number of ether oxygens (including phenoxy) is 3. The summed E-state index contributed by atoms with van der Waals surface area (Å²) in [5.74, 6) is -0.891. The van der Waals surface area contributed by atoms with Crippen LogP contribution in [0, 0.1) is 0 Å². The molecule has 0 N–H and O–H groups in total. The molecule has 0 radical (unpaired) electrons. The Hall–Kier alpha value is -2.89. The molecule has 6 nitrogen and oxygen atoms in total. The van der Waals surface area contributed by atoms with Gasteiger partial charge < -0.3 is 14.2 Å². The Morgan fingerprint density at radius 3 is 0.829 bits per heavy atom. The molecule has 0 aliphatic heterocycles. The van der Waals surface area contributed by atoms with Gasteiger partial charge in [0.25, 0.3) is 0 Å². The molecule has 0 aliphatic carbocycles. The van der Waals surface area contributed by atoms with Crippen LogP contribution < -0.4 is 0 Å². The van der Waals surface area contributed by atoms with Gasteiger partial charge in [0.1, 0.15) is 13.2 Å². The predicted molar refractivity (Wildman–Crippen MR) is 302 cm³/mol. The molecule has 0 heterocycles. The summed E-state index contributed by atoms with van der Waals surface area (Å²) >= 11 is 0. The van der Waals surface area contributed by atoms with Crippen LogP contribution in [-0.4, -0.2) is 37.2 Å². The molecule has 0 spiro atoms. The third kappa shape index (κ3) is 56.0. The summed E-state index contributed by atoms with van der Waals surface area (Å²) in [6.45, 7) is 6.61. The SMILES string of the molecule is CCCCCC/C=C\CCCCCCCC(=O)OCC(COC(=O)CCCCCCCCCCCC/C=C\C/C=C\C/C=C\CCCCCCC)OC(=O)CCCCCCC/C=C\CCCCCCC. The Morgan fingerprint density at radius 1 is 0.286 bits per heavy atom. The Kier molecular flexibility index (Phi) is 56.3. The molecule has 6 heteroatoms. The first-order valence-corrected chi connectivity index (χ1v) is 30.3. The van der Waals surface area contributed by atoms with E-state index in [2.05, 4.69) is 81.5 Å². The van der Waals surface area contributed by atoms with E-state index in [1.54, 1.807) is 0 Å². The molecular weight excluding hydrogens is 865 g/mol. The third-order valence-corrected chi connectivity index (χ3v) is 13.2. The molecule has 0 saturated carbocycles. The Labute approximate surface area is 434 Å². The molecule has 406 valence electrons. The highest BCUT2D eigenvalue weighted by Gasteiger charge is 2.19. The zero-order chi connectivity index (χ0) is 50.7. The average molecular weight is 980 g/mol. The zero-order valence-corrected chi connectivity index (χ0v) is 46.5. The third-order valence-electron chi connectivity index (χ3n) is 13.2. The van der Waals surface area contributed by atoms with E-state index in [4.69, 9.17) is 14.2 Å². The van der Waals surface area contributed by atoms with Crippen molar-refractivity contribution < 1.29 is 28.6 Å². The minimum atomic E-state index is -0.783. The van der Waals surface area contributed by atoms with E-state index in [-0.39, 0.29) is 31.1 Å². The van der Waals surface area contributed by atoms with Gasteiger partial charge in [0.15, 0.2) is 6.10 Å². The second-order valence-corrected chi connectivity index (χ2v) is 20.2. The number of unbranched alkanes of at least 4 members (excludes halogenated alkanes) is 34. The fourth-order valence-electron chi connectivity index (χ4n) is 8.62. The van der Waals surface area contributed by atoms with Crippen LogP contribution in [0.4, 0.5) is 0 Å². The lowest BCUT2D eigenvalue weighted by Gasteiger charge is -2.18. The number of carbonyl (C=O) groups excluding carboxylic acids is 3. The van der Waals surface area contributed by atoms with Crippen molar-refractivity contribution >= 4 is 17.9 Å². The quantitative estimate of drug-likeness (QED) is 0.0261. The first-order valence-electron chi connectivity index (χ1n) is 30.3. The first-order chi connectivity index (χ1) is 34.5. The maximum Gasteiger partial charge on any atom is 0.306 e. The highest BCUT2D eigenvalue weighted by atomic mass is 16.6. The number of hydrogen-bond acceptors (Lipinski definition) is 6. The Bertz CT molecular complexity index is 1260. The van der Waals surface area contributed by atoms with Crippen molar-refractivity contribution in [3.8, 4) is 0 Å². The monoisotopic (exact) mass is 979 g/mol. The molecule has 0 amide bonds. The Morgan fingerprint density at radius 2 is 0.514 bits per heavy atom. The normalized spacial score (nSPS) is 12.4. The molecule has 0 aliphatic rings. The summed E-state index contributed by atoms with van der Waals surface area (Å²) in [6, 6.07) is 0. The minimum Gasteiger partial charge on any atom is -0.462 e. The molecule has 1 unspecified atom stereocenters. The van der Waals surface area contributed by atoms with Crippen LogP contribution in [0.25, 0.3) is 0 Å². The van der Waals surface area contributed by atoms with Gasteiger partial charge in [-0.1, -0.05) is 242 Å². The van der Waals surface area contributed by atoms with Crippen LogP contribution in [0.3, 0.4) is 0 Å². The van der Waals surface area contributed by atoms with Gasteiger partial charge in [0.2, 0.25) is 0 Å². The van der Waals surface area contributed by atoms with Crippen molar-refractivity contribution in [2.24, 2.45) is 0 Å². The minimum absolute atomic E-state index is 0.0810. The summed E-state index contributed by atoms with van der Waals surface area (Å²) in [5, 5.41) is 0. The topological polar surface area (TPSA) is 78.9 Å². The van der Waals surface area contributed by atoms with E-state index in [0.29, 0.717) is 19.3 Å². The lowest BCUT2D eigenvalue weighted by Crippen LogP contribution is -2.30. The summed E-state index contributed by atoms with van der Waals surface area (Å²) in [5.41, 5.74) is 0. The standard InChI is InChI=1S/C64H114O6/c1-4-7-10-13-16-19-22-25-27-28-29-30-31-32-33-34-35-36-37-40-42-45-48-51-54-57-63(66)69-60-61(59-68-62(65)56-53-50-47-44-41-38-24-21-18-15-12-9-6-3)70-64(67)58-55-52-49-46-43-39-26-23-20-17-14-11-8-5-2/h21-26,28-29,31-32,61H,4-20,27,30,33-60H2,1-3H3/b24-21-,25-22-,26-23-,29-28-,32-31-. The van der Waals surface area contributed by atoms with Gasteiger partial charge in [-0.05, 0) is 109 Å². The smallest absolute Gasteiger partial charge is 0.306 e. The Balaban J connectivity index is 4.29. The summed E-state index contributed by atoms with van der Waals surface area (Å²) < 4.78 is 16.9. The fourth-order valence-corrected chi connectivity index (χ4v) is 8.62. The van der Waals surface area contributed by atoms with Gasteiger partial charge in [-0.3, -0.25) is 14.4 Å². The second-order valence-electron chi connectivity index (χ2n) is 20.2. The van der Waals surface area contributed by atoms with Gasteiger partial charge >= 0.3 is 17.9 Å².